The van der Waals surface area contributed by atoms with Crippen molar-refractivity contribution < 1.29 is 28.7 Å². The maximum atomic E-state index is 13.2. The molecule has 3 aromatic carbocycles. The molecule has 200 valence electrons. The minimum atomic E-state index is -0.914. The fourth-order valence-corrected chi connectivity index (χ4v) is 5.16. The third kappa shape index (κ3) is 5.50. The number of carbonyl (C=O) groups excluding carboxylic acids is 1. The van der Waals surface area contributed by atoms with Gasteiger partial charge in [0.1, 0.15) is 23.4 Å². The standard InChI is InChI=1S/C31H30N2O6/c1-4-26-30(22-10-6-5-7-11-22)38-31(36)33(26)18-24-17-23(29-19(2)32-39-20(29)3)13-14-27(24)37-25-12-8-9-21(15-25)16-28(34)35/h5-15,17,26,30H,4,16,18H2,1-3H3,(H,34,35). The Hall–Kier alpha value is -4.59. The first kappa shape index (κ1) is 26.0. The normalized spacial score (nSPS) is 16.8. The van der Waals surface area contributed by atoms with Crippen molar-refractivity contribution in [3.63, 3.8) is 0 Å². The zero-order valence-electron chi connectivity index (χ0n) is 22.1. The largest absolute Gasteiger partial charge is 0.481 e. The van der Waals surface area contributed by atoms with E-state index in [1.165, 1.54) is 0 Å². The molecule has 2 unspecified atom stereocenters. The zero-order chi connectivity index (χ0) is 27.5. The molecular weight excluding hydrogens is 496 g/mol. The maximum absolute atomic E-state index is 13.2. The molecule has 4 aromatic rings. The lowest BCUT2D eigenvalue weighted by Crippen LogP contribution is -2.33. The molecule has 8 heteroatoms. The van der Waals surface area contributed by atoms with Crippen LogP contribution in [0.4, 0.5) is 4.79 Å². The first-order valence-electron chi connectivity index (χ1n) is 12.9. The van der Waals surface area contributed by atoms with Crippen LogP contribution in [0.15, 0.2) is 77.3 Å². The van der Waals surface area contributed by atoms with Crippen molar-refractivity contribution in [1.29, 1.82) is 0 Å². The average Bonchev–Trinajstić information content (AvgIpc) is 3.42. The number of rotatable bonds is 9. The quantitative estimate of drug-likeness (QED) is 0.254. The number of hydrogen-bond donors (Lipinski definition) is 1. The van der Waals surface area contributed by atoms with E-state index in [4.69, 9.17) is 14.0 Å². The van der Waals surface area contributed by atoms with Gasteiger partial charge in [-0.05, 0) is 61.2 Å². The van der Waals surface area contributed by atoms with E-state index >= 15 is 0 Å². The highest BCUT2D eigenvalue weighted by molar-refractivity contribution is 5.73. The van der Waals surface area contributed by atoms with Crippen LogP contribution in [-0.2, 0) is 22.5 Å². The Balaban J connectivity index is 1.51. The van der Waals surface area contributed by atoms with E-state index in [0.717, 1.165) is 27.9 Å². The van der Waals surface area contributed by atoms with E-state index in [-0.39, 0.29) is 31.2 Å². The van der Waals surface area contributed by atoms with Crippen molar-refractivity contribution in [2.45, 2.75) is 52.3 Å². The molecule has 0 spiro atoms. The lowest BCUT2D eigenvalue weighted by atomic mass is 9.98. The summed E-state index contributed by atoms with van der Waals surface area (Å²) in [6.45, 7) is 6.06. The number of carboxylic acids is 1. The molecule has 0 saturated carbocycles. The molecule has 5 rings (SSSR count). The molecule has 39 heavy (non-hydrogen) atoms. The number of hydrogen-bond acceptors (Lipinski definition) is 6. The molecule has 1 saturated heterocycles. The highest BCUT2D eigenvalue weighted by atomic mass is 16.6. The number of benzene rings is 3. The number of aryl methyl sites for hydroxylation is 2. The molecule has 1 amide bonds. The van der Waals surface area contributed by atoms with Gasteiger partial charge in [-0.15, -0.1) is 0 Å². The number of carboxylic acid groups (broad SMARTS) is 1. The summed E-state index contributed by atoms with van der Waals surface area (Å²) in [6, 6.07) is 22.4. The highest BCUT2D eigenvalue weighted by Crippen LogP contribution is 2.39. The van der Waals surface area contributed by atoms with E-state index < -0.39 is 5.97 Å². The number of carbonyl (C=O) groups is 2. The van der Waals surface area contributed by atoms with Gasteiger partial charge in [-0.1, -0.05) is 60.6 Å². The Morgan fingerprint density at radius 3 is 2.54 bits per heavy atom. The smallest absolute Gasteiger partial charge is 0.411 e. The second-order valence-electron chi connectivity index (χ2n) is 9.66. The van der Waals surface area contributed by atoms with Gasteiger partial charge in [-0.2, -0.15) is 0 Å². The SMILES string of the molecule is CCC1C(c2ccccc2)OC(=O)N1Cc1cc(-c2c(C)noc2C)ccc1Oc1cccc(CC(=O)O)c1. The topological polar surface area (TPSA) is 102 Å². The lowest BCUT2D eigenvalue weighted by Gasteiger charge is -2.25. The average molecular weight is 527 g/mol. The third-order valence-corrected chi connectivity index (χ3v) is 6.96. The van der Waals surface area contributed by atoms with Gasteiger partial charge in [0.05, 0.1) is 24.7 Å². The Labute approximate surface area is 226 Å². The van der Waals surface area contributed by atoms with E-state index in [9.17, 15) is 14.7 Å². The van der Waals surface area contributed by atoms with Gasteiger partial charge < -0.3 is 19.1 Å². The van der Waals surface area contributed by atoms with Gasteiger partial charge >= 0.3 is 12.1 Å². The van der Waals surface area contributed by atoms with Crippen molar-refractivity contribution in [1.82, 2.24) is 10.1 Å². The van der Waals surface area contributed by atoms with Crippen molar-refractivity contribution in [3.05, 3.63) is 101 Å². The van der Waals surface area contributed by atoms with Crippen molar-refractivity contribution >= 4 is 12.1 Å². The first-order chi connectivity index (χ1) is 18.8. The van der Waals surface area contributed by atoms with Crippen molar-refractivity contribution in [3.8, 4) is 22.6 Å². The summed E-state index contributed by atoms with van der Waals surface area (Å²) in [4.78, 5) is 26.1. The summed E-state index contributed by atoms with van der Waals surface area (Å²) in [6.07, 6.45) is -0.143. The Morgan fingerprint density at radius 1 is 1.05 bits per heavy atom. The molecule has 2 atom stereocenters. The van der Waals surface area contributed by atoms with Crippen LogP contribution in [0.5, 0.6) is 11.5 Å². The molecule has 8 nitrogen and oxygen atoms in total. The Morgan fingerprint density at radius 2 is 1.85 bits per heavy atom. The molecule has 1 aliphatic heterocycles. The fourth-order valence-electron chi connectivity index (χ4n) is 5.16. The van der Waals surface area contributed by atoms with Crippen LogP contribution in [0, 0.1) is 13.8 Å². The number of cyclic esters (lactones) is 1. The third-order valence-electron chi connectivity index (χ3n) is 6.96. The van der Waals surface area contributed by atoms with Crippen LogP contribution in [0.3, 0.4) is 0 Å². The molecule has 0 aliphatic carbocycles. The number of aromatic nitrogens is 1. The molecular formula is C31H30N2O6. The summed E-state index contributed by atoms with van der Waals surface area (Å²) < 4.78 is 17.5. The summed E-state index contributed by atoms with van der Waals surface area (Å²) in [5.41, 5.74) is 4.92. The van der Waals surface area contributed by atoms with E-state index in [1.807, 2.05) is 69.3 Å². The van der Waals surface area contributed by atoms with Crippen LogP contribution in [0.2, 0.25) is 0 Å². The predicted octanol–water partition coefficient (Wildman–Crippen LogP) is 6.85. The molecule has 1 aliphatic rings. The highest BCUT2D eigenvalue weighted by Gasteiger charge is 2.41. The van der Waals surface area contributed by atoms with Gasteiger partial charge in [-0.3, -0.25) is 9.69 Å². The second kappa shape index (κ2) is 11.0. The maximum Gasteiger partial charge on any atom is 0.411 e. The number of nitrogens with zero attached hydrogens (tertiary/aromatic N) is 2. The van der Waals surface area contributed by atoms with Crippen LogP contribution in [-0.4, -0.2) is 33.3 Å². The Bertz CT molecular complexity index is 1480. The molecule has 1 fully saturated rings. The van der Waals surface area contributed by atoms with Crippen molar-refractivity contribution in [2.75, 3.05) is 0 Å². The van der Waals surface area contributed by atoms with E-state index in [0.29, 0.717) is 29.2 Å². The second-order valence-corrected chi connectivity index (χ2v) is 9.66. The number of amides is 1. The molecule has 1 aromatic heterocycles. The number of ether oxygens (including phenoxy) is 2. The number of aliphatic carboxylic acids is 1. The van der Waals surface area contributed by atoms with Crippen molar-refractivity contribution in [2.24, 2.45) is 0 Å². The lowest BCUT2D eigenvalue weighted by molar-refractivity contribution is -0.136. The van der Waals surface area contributed by atoms with Crippen LogP contribution in [0.1, 0.15) is 47.6 Å². The van der Waals surface area contributed by atoms with Gasteiger partial charge in [-0.25, -0.2) is 4.79 Å². The summed E-state index contributed by atoms with van der Waals surface area (Å²) in [7, 11) is 0. The summed E-state index contributed by atoms with van der Waals surface area (Å²) in [5, 5.41) is 13.3. The molecule has 0 bridgehead atoms. The predicted molar refractivity (Wildman–Crippen MR) is 145 cm³/mol. The fraction of sp³-hybridized carbons (Fsp3) is 0.258. The first-order valence-corrected chi connectivity index (χ1v) is 12.9. The zero-order valence-corrected chi connectivity index (χ0v) is 22.1. The Kier molecular flexibility index (Phi) is 7.36. The minimum Gasteiger partial charge on any atom is -0.481 e. The van der Waals surface area contributed by atoms with Gasteiger partial charge in [0.25, 0.3) is 0 Å². The molecule has 0 radical (unpaired) electrons. The van der Waals surface area contributed by atoms with E-state index in [2.05, 4.69) is 5.16 Å². The van der Waals surface area contributed by atoms with Crippen LogP contribution in [0.25, 0.3) is 11.1 Å². The van der Waals surface area contributed by atoms with Crippen LogP contribution >= 0.6 is 0 Å². The summed E-state index contributed by atoms with van der Waals surface area (Å²) >= 11 is 0. The van der Waals surface area contributed by atoms with Crippen LogP contribution < -0.4 is 4.74 Å². The van der Waals surface area contributed by atoms with Gasteiger partial charge in [0.15, 0.2) is 0 Å². The van der Waals surface area contributed by atoms with Gasteiger partial charge in [0, 0.05) is 11.1 Å². The van der Waals surface area contributed by atoms with E-state index in [1.54, 1.807) is 29.2 Å². The molecule has 2 heterocycles. The minimum absolute atomic E-state index is 0.103. The summed E-state index contributed by atoms with van der Waals surface area (Å²) in [5.74, 6) is 0.856. The molecule has 1 N–H and O–H groups in total. The van der Waals surface area contributed by atoms with Gasteiger partial charge in [0.2, 0.25) is 0 Å². The monoisotopic (exact) mass is 526 g/mol.